The average molecular weight is 403 g/mol. The summed E-state index contributed by atoms with van der Waals surface area (Å²) >= 11 is 1.78. The fraction of sp³-hybridized carbons (Fsp3) is 0.261. The molecule has 4 heterocycles. The summed E-state index contributed by atoms with van der Waals surface area (Å²) in [6.07, 6.45) is 5.14. The molecular formula is C23H22N4OS. The molecule has 0 atom stereocenters. The highest BCUT2D eigenvalue weighted by atomic mass is 32.1. The Balaban J connectivity index is 1.50. The van der Waals surface area contributed by atoms with Crippen molar-refractivity contribution in [1.82, 2.24) is 15.0 Å². The molecule has 0 aliphatic carbocycles. The third-order valence-corrected chi connectivity index (χ3v) is 6.52. The maximum Gasteiger partial charge on any atom is 0.132 e. The molecule has 1 fully saturated rings. The molecule has 1 saturated heterocycles. The first kappa shape index (κ1) is 18.2. The van der Waals surface area contributed by atoms with Crippen molar-refractivity contribution in [2.75, 3.05) is 18.0 Å². The van der Waals surface area contributed by atoms with Crippen LogP contribution in [0.2, 0.25) is 0 Å². The fourth-order valence-corrected chi connectivity index (χ4v) is 4.84. The number of nitrogens with zero attached hydrogens (tertiary/aromatic N) is 4. The zero-order valence-electron chi connectivity index (χ0n) is 16.2. The van der Waals surface area contributed by atoms with Crippen molar-refractivity contribution in [1.29, 1.82) is 0 Å². The Kier molecular flexibility index (Phi) is 4.73. The van der Waals surface area contributed by atoms with Gasteiger partial charge in [0, 0.05) is 52.3 Å². The first-order valence-corrected chi connectivity index (χ1v) is 10.7. The molecule has 0 spiro atoms. The van der Waals surface area contributed by atoms with Gasteiger partial charge >= 0.3 is 0 Å². The third-order valence-electron chi connectivity index (χ3n) is 5.36. The van der Waals surface area contributed by atoms with Crippen molar-refractivity contribution >= 4 is 27.2 Å². The summed E-state index contributed by atoms with van der Waals surface area (Å²) in [6.45, 7) is 3.56. The van der Waals surface area contributed by atoms with Crippen LogP contribution in [0.4, 0.5) is 5.82 Å². The fourth-order valence-electron chi connectivity index (χ4n) is 3.80. The van der Waals surface area contributed by atoms with E-state index in [-0.39, 0.29) is 6.10 Å². The topological polar surface area (TPSA) is 62.1 Å². The van der Waals surface area contributed by atoms with Gasteiger partial charge in [-0.25, -0.2) is 9.97 Å². The maximum atomic E-state index is 9.79. The molecule has 1 N–H and O–H groups in total. The minimum absolute atomic E-state index is 0.198. The number of hydrogen-bond acceptors (Lipinski definition) is 6. The summed E-state index contributed by atoms with van der Waals surface area (Å²) in [4.78, 5) is 17.2. The van der Waals surface area contributed by atoms with Crippen molar-refractivity contribution in [3.8, 4) is 21.7 Å². The summed E-state index contributed by atoms with van der Waals surface area (Å²) in [6, 6.07) is 14.8. The molecule has 1 aromatic carbocycles. The molecule has 1 aliphatic heterocycles. The quantitative estimate of drug-likeness (QED) is 0.539. The molecule has 4 aromatic rings. The number of thiophene rings is 1. The Morgan fingerprint density at radius 1 is 1.00 bits per heavy atom. The average Bonchev–Trinajstić information content (AvgIpc) is 3.18. The van der Waals surface area contributed by atoms with Crippen LogP contribution in [-0.2, 0) is 0 Å². The Labute approximate surface area is 173 Å². The van der Waals surface area contributed by atoms with E-state index in [9.17, 15) is 5.11 Å². The highest BCUT2D eigenvalue weighted by Gasteiger charge is 2.19. The largest absolute Gasteiger partial charge is 0.393 e. The molecule has 3 aromatic heterocycles. The number of rotatable bonds is 3. The van der Waals surface area contributed by atoms with Gasteiger partial charge in [0.1, 0.15) is 11.6 Å². The molecule has 0 saturated carbocycles. The van der Waals surface area contributed by atoms with Gasteiger partial charge in [0.15, 0.2) is 0 Å². The van der Waals surface area contributed by atoms with Gasteiger partial charge in [0.2, 0.25) is 0 Å². The van der Waals surface area contributed by atoms with Gasteiger partial charge < -0.3 is 10.0 Å². The Bertz CT molecular complexity index is 1130. The molecule has 5 nitrogen and oxygen atoms in total. The Morgan fingerprint density at radius 2 is 1.79 bits per heavy atom. The van der Waals surface area contributed by atoms with E-state index < -0.39 is 0 Å². The summed E-state index contributed by atoms with van der Waals surface area (Å²) in [5.41, 5.74) is 2.97. The lowest BCUT2D eigenvalue weighted by molar-refractivity contribution is 0.145. The lowest BCUT2D eigenvalue weighted by Crippen LogP contribution is -2.36. The second kappa shape index (κ2) is 7.54. The van der Waals surface area contributed by atoms with Gasteiger partial charge in [-0.05, 0) is 43.4 Å². The minimum Gasteiger partial charge on any atom is -0.393 e. The van der Waals surface area contributed by atoms with E-state index in [1.165, 1.54) is 15.0 Å². The van der Waals surface area contributed by atoms with Gasteiger partial charge in [0.25, 0.3) is 0 Å². The predicted molar refractivity (Wildman–Crippen MR) is 118 cm³/mol. The molecule has 6 heteroatoms. The molecule has 146 valence electrons. The number of benzene rings is 1. The van der Waals surface area contributed by atoms with Crippen LogP contribution in [0, 0.1) is 6.92 Å². The summed E-state index contributed by atoms with van der Waals surface area (Å²) in [5.74, 6) is 1.67. The van der Waals surface area contributed by atoms with Crippen molar-refractivity contribution in [2.24, 2.45) is 0 Å². The van der Waals surface area contributed by atoms with Crippen molar-refractivity contribution < 1.29 is 5.11 Å². The number of aliphatic hydroxyl groups excluding tert-OH is 1. The second-order valence-corrected chi connectivity index (χ2v) is 8.57. The van der Waals surface area contributed by atoms with E-state index in [0.29, 0.717) is 0 Å². The van der Waals surface area contributed by atoms with E-state index in [1.807, 2.05) is 25.4 Å². The number of fused-ring (bicyclic) bond motifs is 1. The highest BCUT2D eigenvalue weighted by Crippen LogP contribution is 2.34. The molecule has 0 radical (unpaired) electrons. The molecule has 0 unspecified atom stereocenters. The summed E-state index contributed by atoms with van der Waals surface area (Å²) in [7, 11) is 0. The van der Waals surface area contributed by atoms with E-state index >= 15 is 0 Å². The van der Waals surface area contributed by atoms with Crippen molar-refractivity contribution in [3.63, 3.8) is 0 Å². The van der Waals surface area contributed by atoms with E-state index in [2.05, 4.69) is 56.3 Å². The molecule has 0 bridgehead atoms. The third kappa shape index (κ3) is 3.73. The SMILES string of the molecule is Cc1nc(-c2cncc(-c3cc4ccccc4s3)c2)cc(N2CCC(O)CC2)n1. The number of aromatic nitrogens is 3. The first-order chi connectivity index (χ1) is 14.2. The van der Waals surface area contributed by atoms with Gasteiger partial charge in [-0.1, -0.05) is 18.2 Å². The van der Waals surface area contributed by atoms with Crippen LogP contribution in [0.5, 0.6) is 0 Å². The molecule has 0 amide bonds. The molecule has 5 rings (SSSR count). The number of pyridine rings is 1. The number of aliphatic hydroxyl groups is 1. The predicted octanol–water partition coefficient (Wildman–Crippen LogP) is 4.69. The number of aryl methyl sites for hydroxylation is 1. The first-order valence-electron chi connectivity index (χ1n) is 9.89. The zero-order chi connectivity index (χ0) is 19.8. The Morgan fingerprint density at radius 3 is 2.62 bits per heavy atom. The van der Waals surface area contributed by atoms with E-state index in [1.54, 1.807) is 11.3 Å². The summed E-state index contributed by atoms with van der Waals surface area (Å²) < 4.78 is 1.28. The molecular weight excluding hydrogens is 380 g/mol. The highest BCUT2D eigenvalue weighted by molar-refractivity contribution is 7.22. The van der Waals surface area contributed by atoms with Crippen LogP contribution in [0.3, 0.4) is 0 Å². The van der Waals surface area contributed by atoms with Crippen molar-refractivity contribution in [2.45, 2.75) is 25.9 Å². The number of hydrogen-bond donors (Lipinski definition) is 1. The molecule has 1 aliphatic rings. The second-order valence-electron chi connectivity index (χ2n) is 7.49. The smallest absolute Gasteiger partial charge is 0.132 e. The number of piperidine rings is 1. The number of anilines is 1. The van der Waals surface area contributed by atoms with E-state index in [0.717, 1.165) is 54.4 Å². The lowest BCUT2D eigenvalue weighted by atomic mass is 10.1. The molecule has 29 heavy (non-hydrogen) atoms. The monoisotopic (exact) mass is 402 g/mol. The van der Waals surface area contributed by atoms with Crippen LogP contribution in [-0.4, -0.2) is 39.3 Å². The van der Waals surface area contributed by atoms with Crippen LogP contribution in [0.15, 0.2) is 54.9 Å². The summed E-state index contributed by atoms with van der Waals surface area (Å²) in [5, 5.41) is 11.0. The standard InChI is InChI=1S/C23H22N4OS/c1-15-25-20(12-23(26-15)27-8-6-19(28)7-9-27)17-10-18(14-24-13-17)22-11-16-4-2-3-5-21(16)29-22/h2-5,10-14,19,28H,6-9H2,1H3. The van der Waals surface area contributed by atoms with Gasteiger partial charge in [-0.15, -0.1) is 11.3 Å². The minimum atomic E-state index is -0.198. The lowest BCUT2D eigenvalue weighted by Gasteiger charge is -2.30. The van der Waals surface area contributed by atoms with Crippen LogP contribution < -0.4 is 4.90 Å². The van der Waals surface area contributed by atoms with Crippen LogP contribution in [0.25, 0.3) is 31.8 Å². The van der Waals surface area contributed by atoms with Gasteiger partial charge in [-0.2, -0.15) is 0 Å². The van der Waals surface area contributed by atoms with E-state index in [4.69, 9.17) is 0 Å². The van der Waals surface area contributed by atoms with Crippen molar-refractivity contribution in [3.05, 3.63) is 60.7 Å². The maximum absolute atomic E-state index is 9.79. The Hall–Kier alpha value is -2.83. The van der Waals surface area contributed by atoms with Crippen LogP contribution >= 0.6 is 11.3 Å². The zero-order valence-corrected chi connectivity index (χ0v) is 17.1. The van der Waals surface area contributed by atoms with Crippen LogP contribution in [0.1, 0.15) is 18.7 Å². The van der Waals surface area contributed by atoms with Gasteiger partial charge in [0.05, 0.1) is 11.8 Å². The van der Waals surface area contributed by atoms with Gasteiger partial charge in [-0.3, -0.25) is 4.98 Å². The normalized spacial score (nSPS) is 15.2.